The molecule has 1 aromatic heterocycles. The molecule has 1 aromatic rings. The molecule has 0 aromatic carbocycles. The minimum absolute atomic E-state index is 0.435. The topological polar surface area (TPSA) is 24.9 Å². The Morgan fingerprint density at radius 1 is 1.33 bits per heavy atom. The van der Waals surface area contributed by atoms with Gasteiger partial charge in [-0.2, -0.15) is 0 Å². The summed E-state index contributed by atoms with van der Waals surface area (Å²) in [5.41, 5.74) is 1.18. The maximum Gasteiger partial charge on any atom is 0.0900 e. The fourth-order valence-corrected chi connectivity index (χ4v) is 2.52. The molecule has 86 valence electrons. The molecule has 2 unspecified atom stereocenters. The van der Waals surface area contributed by atoms with Gasteiger partial charge in [0.25, 0.3) is 0 Å². The van der Waals surface area contributed by atoms with Gasteiger partial charge in [0, 0.05) is 10.9 Å². The van der Waals surface area contributed by atoms with E-state index < -0.39 is 0 Å². The van der Waals surface area contributed by atoms with Gasteiger partial charge in [-0.15, -0.1) is 11.3 Å². The standard InChI is InChI=1S/C12H22N2S/c1-6-8(2)7-13-9(3)12-10(4)14-11(5)15-12/h8-9,13H,6-7H2,1-5H3. The maximum atomic E-state index is 4.46. The monoisotopic (exact) mass is 226 g/mol. The summed E-state index contributed by atoms with van der Waals surface area (Å²) in [6.45, 7) is 12.0. The highest BCUT2D eigenvalue weighted by Gasteiger charge is 2.12. The lowest BCUT2D eigenvalue weighted by Gasteiger charge is -2.15. The van der Waals surface area contributed by atoms with E-state index in [9.17, 15) is 0 Å². The van der Waals surface area contributed by atoms with E-state index in [2.05, 4.69) is 44.9 Å². The first-order valence-corrected chi connectivity index (χ1v) is 6.53. The molecule has 0 radical (unpaired) electrons. The molecular formula is C12H22N2S. The predicted molar refractivity (Wildman–Crippen MR) is 67.5 cm³/mol. The number of nitrogens with one attached hydrogen (secondary N) is 1. The van der Waals surface area contributed by atoms with Gasteiger partial charge in [-0.25, -0.2) is 4.98 Å². The van der Waals surface area contributed by atoms with Crippen LogP contribution in [0.25, 0.3) is 0 Å². The quantitative estimate of drug-likeness (QED) is 0.831. The lowest BCUT2D eigenvalue weighted by Crippen LogP contribution is -2.24. The van der Waals surface area contributed by atoms with Crippen molar-refractivity contribution in [3.8, 4) is 0 Å². The van der Waals surface area contributed by atoms with Crippen molar-refractivity contribution in [1.82, 2.24) is 10.3 Å². The van der Waals surface area contributed by atoms with Crippen LogP contribution in [0.1, 0.15) is 48.8 Å². The second-order valence-corrected chi connectivity index (χ2v) is 5.56. The molecule has 3 heteroatoms. The van der Waals surface area contributed by atoms with Crippen molar-refractivity contribution in [2.24, 2.45) is 5.92 Å². The number of nitrogens with zero attached hydrogens (tertiary/aromatic N) is 1. The molecule has 0 saturated heterocycles. The highest BCUT2D eigenvalue weighted by molar-refractivity contribution is 7.11. The minimum atomic E-state index is 0.435. The van der Waals surface area contributed by atoms with Crippen LogP contribution in [0.4, 0.5) is 0 Å². The van der Waals surface area contributed by atoms with Crippen LogP contribution < -0.4 is 5.32 Å². The first-order chi connectivity index (χ1) is 7.04. The third-order valence-corrected chi connectivity index (χ3v) is 4.06. The summed E-state index contributed by atoms with van der Waals surface area (Å²) in [5, 5.41) is 4.74. The Kier molecular flexibility index (Phi) is 4.74. The molecule has 0 saturated carbocycles. The summed E-state index contributed by atoms with van der Waals surface area (Å²) in [5.74, 6) is 0.752. The Labute approximate surface area is 97.1 Å². The highest BCUT2D eigenvalue weighted by atomic mass is 32.1. The second kappa shape index (κ2) is 5.61. The van der Waals surface area contributed by atoms with E-state index in [1.54, 1.807) is 0 Å². The molecule has 2 atom stereocenters. The summed E-state index contributed by atoms with van der Waals surface area (Å²) in [7, 11) is 0. The fraction of sp³-hybridized carbons (Fsp3) is 0.750. The van der Waals surface area contributed by atoms with Crippen molar-refractivity contribution in [3.63, 3.8) is 0 Å². The fourth-order valence-electron chi connectivity index (χ4n) is 1.56. The van der Waals surface area contributed by atoms with Crippen LogP contribution in [0, 0.1) is 19.8 Å². The van der Waals surface area contributed by atoms with Gasteiger partial charge in [0.1, 0.15) is 0 Å². The normalized spacial score (nSPS) is 15.3. The van der Waals surface area contributed by atoms with Crippen LogP contribution in [-0.4, -0.2) is 11.5 Å². The van der Waals surface area contributed by atoms with Gasteiger partial charge >= 0.3 is 0 Å². The first kappa shape index (κ1) is 12.7. The van der Waals surface area contributed by atoms with Gasteiger partial charge in [0.15, 0.2) is 0 Å². The van der Waals surface area contributed by atoms with E-state index in [1.165, 1.54) is 22.0 Å². The average Bonchev–Trinajstić information content (AvgIpc) is 2.53. The van der Waals surface area contributed by atoms with E-state index in [1.807, 2.05) is 11.3 Å². The summed E-state index contributed by atoms with van der Waals surface area (Å²) >= 11 is 1.81. The van der Waals surface area contributed by atoms with Crippen LogP contribution in [0.15, 0.2) is 0 Å². The van der Waals surface area contributed by atoms with Crippen LogP contribution in [0.2, 0.25) is 0 Å². The molecule has 0 aliphatic carbocycles. The molecule has 0 aliphatic rings. The Morgan fingerprint density at radius 3 is 2.47 bits per heavy atom. The van der Waals surface area contributed by atoms with Gasteiger partial charge in [0.05, 0.1) is 10.7 Å². The lowest BCUT2D eigenvalue weighted by molar-refractivity contribution is 0.463. The van der Waals surface area contributed by atoms with E-state index in [-0.39, 0.29) is 0 Å². The number of hydrogen-bond donors (Lipinski definition) is 1. The zero-order valence-electron chi connectivity index (χ0n) is 10.4. The number of thiazole rings is 1. The molecule has 15 heavy (non-hydrogen) atoms. The number of hydrogen-bond acceptors (Lipinski definition) is 3. The minimum Gasteiger partial charge on any atom is -0.309 e. The molecule has 0 fully saturated rings. The first-order valence-electron chi connectivity index (χ1n) is 5.71. The van der Waals surface area contributed by atoms with Gasteiger partial charge in [-0.1, -0.05) is 20.3 Å². The van der Waals surface area contributed by atoms with E-state index in [4.69, 9.17) is 0 Å². The summed E-state index contributed by atoms with van der Waals surface area (Å²) in [6.07, 6.45) is 1.24. The molecular weight excluding hydrogens is 204 g/mol. The van der Waals surface area contributed by atoms with E-state index in [0.29, 0.717) is 6.04 Å². The summed E-state index contributed by atoms with van der Waals surface area (Å²) in [4.78, 5) is 5.84. The SMILES string of the molecule is CCC(C)CNC(C)c1sc(C)nc1C. The molecule has 2 nitrogen and oxygen atoms in total. The van der Waals surface area contributed by atoms with Gasteiger partial charge < -0.3 is 5.32 Å². The molecule has 0 amide bonds. The maximum absolute atomic E-state index is 4.46. The number of aromatic nitrogens is 1. The third-order valence-electron chi connectivity index (χ3n) is 2.80. The molecule has 0 aliphatic heterocycles. The second-order valence-electron chi connectivity index (χ2n) is 4.33. The van der Waals surface area contributed by atoms with E-state index >= 15 is 0 Å². The largest absolute Gasteiger partial charge is 0.309 e. The molecule has 1 N–H and O–H groups in total. The third kappa shape index (κ3) is 3.58. The Balaban J connectivity index is 2.53. The Bertz CT molecular complexity index is 307. The lowest BCUT2D eigenvalue weighted by atomic mass is 10.1. The van der Waals surface area contributed by atoms with Crippen molar-refractivity contribution in [2.45, 2.75) is 47.1 Å². The van der Waals surface area contributed by atoms with Crippen molar-refractivity contribution < 1.29 is 0 Å². The van der Waals surface area contributed by atoms with Crippen LogP contribution in [0.5, 0.6) is 0 Å². The van der Waals surface area contributed by atoms with Crippen molar-refractivity contribution in [1.29, 1.82) is 0 Å². The average molecular weight is 226 g/mol. The van der Waals surface area contributed by atoms with Crippen molar-refractivity contribution in [2.75, 3.05) is 6.54 Å². The zero-order chi connectivity index (χ0) is 11.4. The number of rotatable bonds is 5. The van der Waals surface area contributed by atoms with Crippen molar-refractivity contribution in [3.05, 3.63) is 15.6 Å². The molecule has 0 bridgehead atoms. The van der Waals surface area contributed by atoms with Gasteiger partial charge in [-0.05, 0) is 33.2 Å². The van der Waals surface area contributed by atoms with Gasteiger partial charge in [-0.3, -0.25) is 0 Å². The van der Waals surface area contributed by atoms with Crippen molar-refractivity contribution >= 4 is 11.3 Å². The van der Waals surface area contributed by atoms with E-state index in [0.717, 1.165) is 12.5 Å². The highest BCUT2D eigenvalue weighted by Crippen LogP contribution is 2.24. The van der Waals surface area contributed by atoms with Crippen LogP contribution in [0.3, 0.4) is 0 Å². The summed E-state index contributed by atoms with van der Waals surface area (Å²) in [6, 6.07) is 0.435. The van der Waals surface area contributed by atoms with Crippen LogP contribution in [-0.2, 0) is 0 Å². The molecule has 1 rings (SSSR count). The Hall–Kier alpha value is -0.410. The zero-order valence-corrected chi connectivity index (χ0v) is 11.2. The smallest absolute Gasteiger partial charge is 0.0900 e. The van der Waals surface area contributed by atoms with Crippen LogP contribution >= 0.6 is 11.3 Å². The summed E-state index contributed by atoms with van der Waals surface area (Å²) < 4.78 is 0. The molecule has 0 spiro atoms. The molecule has 1 heterocycles. The number of aryl methyl sites for hydroxylation is 2. The van der Waals surface area contributed by atoms with Gasteiger partial charge in [0.2, 0.25) is 0 Å². The predicted octanol–water partition coefficient (Wildman–Crippen LogP) is 3.46. The Morgan fingerprint density at radius 2 is 2.00 bits per heavy atom.